The molecule has 1 aromatic rings. The molecule has 1 N–H and O–H groups in total. The minimum absolute atomic E-state index is 0. The van der Waals surface area contributed by atoms with Gasteiger partial charge in [0.2, 0.25) is 0 Å². The number of halogens is 2. The van der Waals surface area contributed by atoms with E-state index < -0.39 is 11.8 Å². The van der Waals surface area contributed by atoms with Crippen molar-refractivity contribution in [2.45, 2.75) is 18.8 Å². The van der Waals surface area contributed by atoms with Crippen molar-refractivity contribution in [1.82, 2.24) is 5.32 Å². The molecule has 0 unspecified atom stereocenters. The van der Waals surface area contributed by atoms with E-state index >= 15 is 0 Å². The number of hydrogen-bond acceptors (Lipinski definition) is 3. The molecule has 0 bridgehead atoms. The zero-order chi connectivity index (χ0) is 12.3. The van der Waals surface area contributed by atoms with E-state index in [-0.39, 0.29) is 18.0 Å². The summed E-state index contributed by atoms with van der Waals surface area (Å²) in [4.78, 5) is 11.2. The highest BCUT2D eigenvalue weighted by molar-refractivity contribution is 5.89. The fraction of sp³-hybridized carbons (Fsp3) is 0.462. The quantitative estimate of drug-likeness (QED) is 0.842. The lowest BCUT2D eigenvalue weighted by atomic mass is 9.89. The number of piperidine rings is 1. The first kappa shape index (κ1) is 14.9. The van der Waals surface area contributed by atoms with Crippen LogP contribution in [0.1, 0.15) is 34.7 Å². The molecule has 1 aliphatic rings. The lowest BCUT2D eigenvalue weighted by Crippen LogP contribution is -2.26. The largest absolute Gasteiger partial charge is 0.465 e. The fourth-order valence-corrected chi connectivity index (χ4v) is 2.22. The number of hydrogen-bond donors (Lipinski definition) is 1. The molecule has 0 aromatic heterocycles. The maximum Gasteiger partial charge on any atom is 0.340 e. The van der Waals surface area contributed by atoms with Crippen molar-refractivity contribution in [1.29, 1.82) is 0 Å². The zero-order valence-corrected chi connectivity index (χ0v) is 11.1. The molecule has 1 heterocycles. The Labute approximate surface area is 112 Å². The molecule has 100 valence electrons. The second-order valence-corrected chi connectivity index (χ2v) is 4.26. The summed E-state index contributed by atoms with van der Waals surface area (Å²) in [6, 6.07) is 4.80. The average Bonchev–Trinajstić information content (AvgIpc) is 2.39. The Morgan fingerprint density at radius 2 is 2.06 bits per heavy atom. The van der Waals surface area contributed by atoms with Gasteiger partial charge in [-0.05, 0) is 49.5 Å². The van der Waals surface area contributed by atoms with Gasteiger partial charge in [-0.1, -0.05) is 6.07 Å². The van der Waals surface area contributed by atoms with Gasteiger partial charge in [-0.2, -0.15) is 0 Å². The molecule has 0 spiro atoms. The van der Waals surface area contributed by atoms with Crippen LogP contribution in [0.25, 0.3) is 0 Å². The Morgan fingerprint density at radius 3 is 2.61 bits per heavy atom. The van der Waals surface area contributed by atoms with Gasteiger partial charge in [0.05, 0.1) is 12.7 Å². The standard InChI is InChI=1S/C13H16FNO2.ClH/c1-17-13(16)11-3-2-10(8-12(11)14)9-4-6-15-7-5-9;/h2-3,8-9,15H,4-7H2,1H3;1H. The topological polar surface area (TPSA) is 38.3 Å². The predicted octanol–water partition coefficient (Wildman–Crippen LogP) is 2.50. The summed E-state index contributed by atoms with van der Waals surface area (Å²) in [6.45, 7) is 1.93. The van der Waals surface area contributed by atoms with Crippen LogP contribution in [-0.4, -0.2) is 26.2 Å². The van der Waals surface area contributed by atoms with Gasteiger partial charge in [-0.3, -0.25) is 0 Å². The summed E-state index contributed by atoms with van der Waals surface area (Å²) in [7, 11) is 1.25. The maximum absolute atomic E-state index is 13.7. The summed E-state index contributed by atoms with van der Waals surface area (Å²) < 4.78 is 18.2. The van der Waals surface area contributed by atoms with E-state index in [0.29, 0.717) is 5.92 Å². The molecular weight excluding hydrogens is 257 g/mol. The van der Waals surface area contributed by atoms with Crippen molar-refractivity contribution in [2.24, 2.45) is 0 Å². The molecule has 0 radical (unpaired) electrons. The van der Waals surface area contributed by atoms with E-state index in [1.807, 2.05) is 6.07 Å². The number of methoxy groups -OCH3 is 1. The molecule has 0 amide bonds. The molecule has 1 saturated heterocycles. The smallest absolute Gasteiger partial charge is 0.340 e. The highest BCUT2D eigenvalue weighted by Crippen LogP contribution is 2.26. The van der Waals surface area contributed by atoms with Crippen LogP contribution in [0.4, 0.5) is 4.39 Å². The van der Waals surface area contributed by atoms with E-state index in [4.69, 9.17) is 0 Å². The van der Waals surface area contributed by atoms with Crippen LogP contribution in [0, 0.1) is 5.82 Å². The maximum atomic E-state index is 13.7. The van der Waals surface area contributed by atoms with Gasteiger partial charge in [0.15, 0.2) is 0 Å². The van der Waals surface area contributed by atoms with Crippen LogP contribution < -0.4 is 5.32 Å². The summed E-state index contributed by atoms with van der Waals surface area (Å²) in [6.07, 6.45) is 2.02. The molecule has 0 atom stereocenters. The molecule has 1 aliphatic heterocycles. The number of nitrogens with one attached hydrogen (secondary N) is 1. The lowest BCUT2D eigenvalue weighted by Gasteiger charge is -2.23. The van der Waals surface area contributed by atoms with Crippen LogP contribution in [0.3, 0.4) is 0 Å². The van der Waals surface area contributed by atoms with Crippen LogP contribution in [-0.2, 0) is 4.74 Å². The van der Waals surface area contributed by atoms with E-state index in [2.05, 4.69) is 10.1 Å². The summed E-state index contributed by atoms with van der Waals surface area (Å²) >= 11 is 0. The molecule has 0 aliphatic carbocycles. The van der Waals surface area contributed by atoms with Gasteiger partial charge >= 0.3 is 5.97 Å². The van der Waals surface area contributed by atoms with Gasteiger partial charge in [-0.25, -0.2) is 9.18 Å². The van der Waals surface area contributed by atoms with Crippen molar-refractivity contribution >= 4 is 18.4 Å². The minimum Gasteiger partial charge on any atom is -0.465 e. The summed E-state index contributed by atoms with van der Waals surface area (Å²) in [5, 5.41) is 3.27. The van der Waals surface area contributed by atoms with Gasteiger partial charge in [0.1, 0.15) is 5.82 Å². The van der Waals surface area contributed by atoms with Gasteiger partial charge in [0, 0.05) is 0 Å². The third kappa shape index (κ3) is 3.21. The van der Waals surface area contributed by atoms with Crippen molar-refractivity contribution in [3.05, 3.63) is 35.1 Å². The third-order valence-electron chi connectivity index (χ3n) is 3.21. The Kier molecular flexibility index (Phi) is 5.56. The highest BCUT2D eigenvalue weighted by Gasteiger charge is 2.18. The molecule has 3 nitrogen and oxygen atoms in total. The first-order valence-electron chi connectivity index (χ1n) is 5.81. The molecule has 18 heavy (non-hydrogen) atoms. The van der Waals surface area contributed by atoms with Crippen molar-refractivity contribution < 1.29 is 13.9 Å². The van der Waals surface area contributed by atoms with Gasteiger partial charge < -0.3 is 10.1 Å². The Morgan fingerprint density at radius 1 is 1.39 bits per heavy atom. The van der Waals surface area contributed by atoms with Crippen LogP contribution in [0.2, 0.25) is 0 Å². The number of ether oxygens (including phenoxy) is 1. The van der Waals surface area contributed by atoms with Crippen molar-refractivity contribution in [3.63, 3.8) is 0 Å². The number of carbonyl (C=O) groups excluding carboxylic acids is 1. The zero-order valence-electron chi connectivity index (χ0n) is 10.2. The normalized spacial score (nSPS) is 15.9. The first-order valence-corrected chi connectivity index (χ1v) is 5.81. The third-order valence-corrected chi connectivity index (χ3v) is 3.21. The van der Waals surface area contributed by atoms with E-state index in [9.17, 15) is 9.18 Å². The fourth-order valence-electron chi connectivity index (χ4n) is 2.22. The first-order chi connectivity index (χ1) is 8.22. The second kappa shape index (κ2) is 6.71. The van der Waals surface area contributed by atoms with E-state index in [1.165, 1.54) is 19.2 Å². The van der Waals surface area contributed by atoms with Gasteiger partial charge in [-0.15, -0.1) is 12.4 Å². The van der Waals surface area contributed by atoms with Gasteiger partial charge in [0.25, 0.3) is 0 Å². The Hall–Kier alpha value is -1.13. The van der Waals surface area contributed by atoms with Crippen LogP contribution in [0.5, 0.6) is 0 Å². The summed E-state index contributed by atoms with van der Waals surface area (Å²) in [5.41, 5.74) is 0.974. The Balaban J connectivity index is 0.00000162. The Bertz CT molecular complexity index is 419. The molecule has 2 rings (SSSR count). The average molecular weight is 274 g/mol. The van der Waals surface area contributed by atoms with E-state index in [1.54, 1.807) is 0 Å². The number of benzene rings is 1. The number of rotatable bonds is 2. The highest BCUT2D eigenvalue weighted by atomic mass is 35.5. The van der Waals surface area contributed by atoms with Crippen LogP contribution >= 0.6 is 12.4 Å². The molecular formula is C13H17ClFNO2. The molecule has 1 fully saturated rings. The number of esters is 1. The lowest BCUT2D eigenvalue weighted by molar-refractivity contribution is 0.0595. The van der Waals surface area contributed by atoms with Crippen LogP contribution in [0.15, 0.2) is 18.2 Å². The van der Waals surface area contributed by atoms with E-state index in [0.717, 1.165) is 31.5 Å². The molecule has 5 heteroatoms. The molecule has 0 saturated carbocycles. The summed E-state index contributed by atoms with van der Waals surface area (Å²) in [5.74, 6) is -0.732. The number of carbonyl (C=O) groups is 1. The minimum atomic E-state index is -0.626. The predicted molar refractivity (Wildman–Crippen MR) is 69.8 cm³/mol. The van der Waals surface area contributed by atoms with Crippen molar-refractivity contribution in [3.8, 4) is 0 Å². The SMILES string of the molecule is COC(=O)c1ccc(C2CCNCC2)cc1F.Cl. The monoisotopic (exact) mass is 273 g/mol. The molecule has 1 aromatic carbocycles. The van der Waals surface area contributed by atoms with Crippen molar-refractivity contribution in [2.75, 3.05) is 20.2 Å². The second-order valence-electron chi connectivity index (χ2n) is 4.26.